The number of aliphatic hydroxyl groups excluding tert-OH is 1. The molecule has 0 heterocycles. The molecule has 88 valence electrons. The highest BCUT2D eigenvalue weighted by molar-refractivity contribution is 5.66. The molecule has 0 amide bonds. The SMILES string of the molecule is COc1ccccc1Nc1cccc(CO)c1. The van der Waals surface area contributed by atoms with Crippen molar-refractivity contribution in [2.75, 3.05) is 12.4 Å². The number of hydrogen-bond donors (Lipinski definition) is 2. The van der Waals surface area contributed by atoms with Crippen LogP contribution in [0.15, 0.2) is 48.5 Å². The lowest BCUT2D eigenvalue weighted by Crippen LogP contribution is -1.95. The zero-order valence-electron chi connectivity index (χ0n) is 9.68. The van der Waals surface area contributed by atoms with Gasteiger partial charge in [-0.2, -0.15) is 0 Å². The van der Waals surface area contributed by atoms with Crippen LogP contribution in [0, 0.1) is 0 Å². The van der Waals surface area contributed by atoms with E-state index in [0.29, 0.717) is 0 Å². The van der Waals surface area contributed by atoms with Crippen LogP contribution < -0.4 is 10.1 Å². The molecule has 3 heteroatoms. The number of nitrogens with one attached hydrogen (secondary N) is 1. The van der Waals surface area contributed by atoms with Crippen molar-refractivity contribution in [3.8, 4) is 5.75 Å². The standard InChI is InChI=1S/C14H15NO2/c1-17-14-8-3-2-7-13(14)15-12-6-4-5-11(9-12)10-16/h2-9,15-16H,10H2,1H3. The molecule has 0 spiro atoms. The highest BCUT2D eigenvalue weighted by Gasteiger charge is 2.01. The maximum absolute atomic E-state index is 9.08. The summed E-state index contributed by atoms with van der Waals surface area (Å²) < 4.78 is 5.26. The van der Waals surface area contributed by atoms with Gasteiger partial charge in [0.1, 0.15) is 5.75 Å². The monoisotopic (exact) mass is 229 g/mol. The lowest BCUT2D eigenvalue weighted by Gasteiger charge is -2.11. The van der Waals surface area contributed by atoms with Crippen LogP contribution in [0.5, 0.6) is 5.75 Å². The van der Waals surface area contributed by atoms with Crippen LogP contribution in [0.2, 0.25) is 0 Å². The molecule has 0 atom stereocenters. The van der Waals surface area contributed by atoms with Gasteiger partial charge >= 0.3 is 0 Å². The number of para-hydroxylation sites is 2. The van der Waals surface area contributed by atoms with Crippen molar-refractivity contribution >= 4 is 11.4 Å². The van der Waals surface area contributed by atoms with Gasteiger partial charge in [-0.05, 0) is 29.8 Å². The minimum absolute atomic E-state index is 0.0431. The molecular formula is C14H15NO2. The predicted octanol–water partition coefficient (Wildman–Crippen LogP) is 2.93. The summed E-state index contributed by atoms with van der Waals surface area (Å²) in [6.07, 6.45) is 0. The van der Waals surface area contributed by atoms with Gasteiger partial charge in [-0.3, -0.25) is 0 Å². The van der Waals surface area contributed by atoms with Crippen LogP contribution in [0.3, 0.4) is 0 Å². The Bertz CT molecular complexity index is 497. The summed E-state index contributed by atoms with van der Waals surface area (Å²) >= 11 is 0. The van der Waals surface area contributed by atoms with Gasteiger partial charge in [0.05, 0.1) is 19.4 Å². The second-order valence-corrected chi connectivity index (χ2v) is 3.68. The molecule has 0 bridgehead atoms. The summed E-state index contributed by atoms with van der Waals surface area (Å²) in [7, 11) is 1.64. The fourth-order valence-electron chi connectivity index (χ4n) is 1.65. The van der Waals surface area contributed by atoms with Gasteiger partial charge in [0.2, 0.25) is 0 Å². The highest BCUT2D eigenvalue weighted by atomic mass is 16.5. The summed E-state index contributed by atoms with van der Waals surface area (Å²) in [6.45, 7) is 0.0431. The zero-order valence-corrected chi connectivity index (χ0v) is 9.68. The van der Waals surface area contributed by atoms with Crippen LogP contribution >= 0.6 is 0 Å². The van der Waals surface area contributed by atoms with Crippen LogP contribution in [0.25, 0.3) is 0 Å². The summed E-state index contributed by atoms with van der Waals surface area (Å²) in [5, 5.41) is 12.3. The largest absolute Gasteiger partial charge is 0.495 e. The number of anilines is 2. The van der Waals surface area contributed by atoms with Gasteiger partial charge in [0.15, 0.2) is 0 Å². The van der Waals surface area contributed by atoms with E-state index in [0.717, 1.165) is 22.7 Å². The van der Waals surface area contributed by atoms with E-state index >= 15 is 0 Å². The number of aliphatic hydroxyl groups is 1. The maximum Gasteiger partial charge on any atom is 0.142 e. The Labute approximate surface area is 101 Å². The van der Waals surface area contributed by atoms with E-state index in [9.17, 15) is 0 Å². The van der Waals surface area contributed by atoms with E-state index in [1.807, 2.05) is 48.5 Å². The first-order valence-corrected chi connectivity index (χ1v) is 5.43. The molecule has 0 aliphatic rings. The van der Waals surface area contributed by atoms with Crippen LogP contribution in [-0.4, -0.2) is 12.2 Å². The molecule has 0 saturated heterocycles. The van der Waals surface area contributed by atoms with E-state index in [4.69, 9.17) is 9.84 Å². The van der Waals surface area contributed by atoms with Gasteiger partial charge in [-0.25, -0.2) is 0 Å². The topological polar surface area (TPSA) is 41.5 Å². The fourth-order valence-corrected chi connectivity index (χ4v) is 1.65. The van der Waals surface area contributed by atoms with Crippen LogP contribution in [-0.2, 0) is 6.61 Å². The van der Waals surface area contributed by atoms with Crippen molar-refractivity contribution in [2.24, 2.45) is 0 Å². The van der Waals surface area contributed by atoms with E-state index in [1.54, 1.807) is 7.11 Å². The Morgan fingerprint density at radius 2 is 1.94 bits per heavy atom. The average molecular weight is 229 g/mol. The number of rotatable bonds is 4. The van der Waals surface area contributed by atoms with E-state index in [-0.39, 0.29) is 6.61 Å². The fraction of sp³-hybridized carbons (Fsp3) is 0.143. The molecule has 0 fully saturated rings. The summed E-state index contributed by atoms with van der Waals surface area (Å²) in [4.78, 5) is 0. The van der Waals surface area contributed by atoms with Crippen molar-refractivity contribution in [3.63, 3.8) is 0 Å². The second kappa shape index (κ2) is 5.37. The van der Waals surface area contributed by atoms with Crippen molar-refractivity contribution in [1.29, 1.82) is 0 Å². The molecule has 0 aliphatic heterocycles. The van der Waals surface area contributed by atoms with E-state index < -0.39 is 0 Å². The minimum Gasteiger partial charge on any atom is -0.495 e. The Morgan fingerprint density at radius 3 is 2.71 bits per heavy atom. The van der Waals surface area contributed by atoms with E-state index in [2.05, 4.69) is 5.32 Å². The third-order valence-corrected chi connectivity index (χ3v) is 2.50. The van der Waals surface area contributed by atoms with Gasteiger partial charge in [0, 0.05) is 5.69 Å². The molecule has 0 radical (unpaired) electrons. The first kappa shape index (κ1) is 11.5. The summed E-state index contributed by atoms with van der Waals surface area (Å²) in [5.41, 5.74) is 2.72. The lowest BCUT2D eigenvalue weighted by atomic mass is 10.2. The quantitative estimate of drug-likeness (QED) is 0.847. The van der Waals surface area contributed by atoms with Crippen molar-refractivity contribution in [2.45, 2.75) is 6.61 Å². The Morgan fingerprint density at radius 1 is 1.12 bits per heavy atom. The van der Waals surface area contributed by atoms with Crippen LogP contribution in [0.4, 0.5) is 11.4 Å². The summed E-state index contributed by atoms with van der Waals surface area (Å²) in [6, 6.07) is 15.4. The summed E-state index contributed by atoms with van der Waals surface area (Å²) in [5.74, 6) is 0.793. The molecule has 2 aromatic rings. The number of benzene rings is 2. The predicted molar refractivity (Wildman–Crippen MR) is 68.6 cm³/mol. The first-order valence-electron chi connectivity index (χ1n) is 5.43. The van der Waals surface area contributed by atoms with Gasteiger partial charge < -0.3 is 15.2 Å². The zero-order chi connectivity index (χ0) is 12.1. The van der Waals surface area contributed by atoms with Gasteiger partial charge in [-0.1, -0.05) is 24.3 Å². The maximum atomic E-state index is 9.08. The lowest BCUT2D eigenvalue weighted by molar-refractivity contribution is 0.282. The molecule has 17 heavy (non-hydrogen) atoms. The molecule has 0 aliphatic carbocycles. The van der Waals surface area contributed by atoms with Gasteiger partial charge in [-0.15, -0.1) is 0 Å². The molecule has 2 rings (SSSR count). The first-order chi connectivity index (χ1) is 8.33. The van der Waals surface area contributed by atoms with Gasteiger partial charge in [0.25, 0.3) is 0 Å². The Kier molecular flexibility index (Phi) is 3.62. The van der Waals surface area contributed by atoms with Crippen LogP contribution in [0.1, 0.15) is 5.56 Å². The average Bonchev–Trinajstić information content (AvgIpc) is 2.39. The third kappa shape index (κ3) is 2.77. The highest BCUT2D eigenvalue weighted by Crippen LogP contribution is 2.27. The molecule has 2 N–H and O–H groups in total. The normalized spacial score (nSPS) is 10.0. The van der Waals surface area contributed by atoms with Crippen molar-refractivity contribution in [3.05, 3.63) is 54.1 Å². The smallest absolute Gasteiger partial charge is 0.142 e. The number of methoxy groups -OCH3 is 1. The Hall–Kier alpha value is -2.00. The molecule has 0 saturated carbocycles. The molecular weight excluding hydrogens is 214 g/mol. The van der Waals surface area contributed by atoms with Crippen molar-refractivity contribution in [1.82, 2.24) is 0 Å². The molecule has 0 unspecified atom stereocenters. The Balaban J connectivity index is 2.24. The number of ether oxygens (including phenoxy) is 1. The van der Waals surface area contributed by atoms with Crippen molar-refractivity contribution < 1.29 is 9.84 Å². The second-order valence-electron chi connectivity index (χ2n) is 3.68. The minimum atomic E-state index is 0.0431. The molecule has 2 aromatic carbocycles. The molecule has 0 aromatic heterocycles. The third-order valence-electron chi connectivity index (χ3n) is 2.50. The number of hydrogen-bond acceptors (Lipinski definition) is 3. The molecule has 3 nitrogen and oxygen atoms in total. The van der Waals surface area contributed by atoms with E-state index in [1.165, 1.54) is 0 Å².